The van der Waals surface area contributed by atoms with Crippen molar-refractivity contribution in [3.63, 3.8) is 0 Å². The number of amides is 1. The lowest BCUT2D eigenvalue weighted by atomic mass is 9.95. The Bertz CT molecular complexity index is 917. The Kier molecular flexibility index (Phi) is 6.37. The third-order valence-electron chi connectivity index (χ3n) is 4.81. The van der Waals surface area contributed by atoms with Crippen LogP contribution in [0.5, 0.6) is 5.75 Å². The molecule has 0 saturated carbocycles. The summed E-state index contributed by atoms with van der Waals surface area (Å²) in [7, 11) is 0. The number of nitrogens with zero attached hydrogens (tertiary/aromatic N) is 1. The molecule has 2 aromatic rings. The van der Waals surface area contributed by atoms with Crippen molar-refractivity contribution >= 4 is 17.4 Å². The summed E-state index contributed by atoms with van der Waals surface area (Å²) in [6.07, 6.45) is 0.707. The lowest BCUT2D eigenvalue weighted by Gasteiger charge is -2.25. The van der Waals surface area contributed by atoms with Crippen LogP contribution in [-0.4, -0.2) is 34.8 Å². The van der Waals surface area contributed by atoms with E-state index < -0.39 is 17.7 Å². The van der Waals surface area contributed by atoms with Crippen LogP contribution in [0.1, 0.15) is 44.4 Å². The fourth-order valence-electron chi connectivity index (χ4n) is 3.49. The number of carbonyl (C=O) groups excluding carboxylic acids is 2. The standard InChI is InChI=1S/C24H27NO4/c1-4-13-25-21(18-11-8-12-19(14-18)29-15-16(2)3)20(23(27)24(25)28)22(26)17-9-6-5-7-10-17/h5-12,14,16,21,26H,4,13,15H2,1-3H3/b22-20-. The molecule has 0 radical (unpaired) electrons. The first-order valence-electron chi connectivity index (χ1n) is 10.0. The molecule has 1 heterocycles. The van der Waals surface area contributed by atoms with Gasteiger partial charge in [-0.3, -0.25) is 9.59 Å². The Labute approximate surface area is 171 Å². The fraction of sp³-hybridized carbons (Fsp3) is 0.333. The summed E-state index contributed by atoms with van der Waals surface area (Å²) in [6.45, 7) is 7.09. The van der Waals surface area contributed by atoms with E-state index in [0.717, 1.165) is 5.56 Å². The van der Waals surface area contributed by atoms with Gasteiger partial charge in [-0.1, -0.05) is 63.2 Å². The highest BCUT2D eigenvalue weighted by molar-refractivity contribution is 6.46. The van der Waals surface area contributed by atoms with E-state index in [4.69, 9.17) is 4.74 Å². The second-order valence-corrected chi connectivity index (χ2v) is 7.64. The van der Waals surface area contributed by atoms with Crippen LogP contribution in [-0.2, 0) is 9.59 Å². The minimum absolute atomic E-state index is 0.121. The number of hydrogen-bond acceptors (Lipinski definition) is 4. The van der Waals surface area contributed by atoms with Crippen molar-refractivity contribution in [2.75, 3.05) is 13.2 Å². The number of aliphatic hydroxyl groups is 1. The van der Waals surface area contributed by atoms with Crippen molar-refractivity contribution in [3.05, 3.63) is 71.3 Å². The predicted molar refractivity (Wildman–Crippen MR) is 113 cm³/mol. The number of benzene rings is 2. The molecule has 1 fully saturated rings. The van der Waals surface area contributed by atoms with Gasteiger partial charge in [0.05, 0.1) is 18.2 Å². The maximum atomic E-state index is 12.8. The van der Waals surface area contributed by atoms with Crippen LogP contribution in [0.3, 0.4) is 0 Å². The van der Waals surface area contributed by atoms with Gasteiger partial charge in [0, 0.05) is 12.1 Å². The summed E-state index contributed by atoms with van der Waals surface area (Å²) in [4.78, 5) is 27.1. The number of aliphatic hydroxyl groups excluding tert-OH is 1. The molecule has 1 N–H and O–H groups in total. The largest absolute Gasteiger partial charge is 0.507 e. The number of likely N-dealkylation sites (tertiary alicyclic amines) is 1. The van der Waals surface area contributed by atoms with Crippen molar-refractivity contribution in [3.8, 4) is 5.75 Å². The summed E-state index contributed by atoms with van der Waals surface area (Å²) in [5, 5.41) is 10.9. The molecule has 0 bridgehead atoms. The Morgan fingerprint density at radius 2 is 1.83 bits per heavy atom. The normalized spacial score (nSPS) is 18.5. The molecule has 1 aliphatic rings. The Balaban J connectivity index is 2.09. The van der Waals surface area contributed by atoms with Gasteiger partial charge in [-0.2, -0.15) is 0 Å². The van der Waals surface area contributed by atoms with E-state index in [0.29, 0.717) is 36.8 Å². The minimum atomic E-state index is -0.654. The van der Waals surface area contributed by atoms with Gasteiger partial charge in [0.1, 0.15) is 11.5 Å². The van der Waals surface area contributed by atoms with Crippen LogP contribution in [0, 0.1) is 5.92 Å². The second-order valence-electron chi connectivity index (χ2n) is 7.64. The van der Waals surface area contributed by atoms with E-state index >= 15 is 0 Å². The highest BCUT2D eigenvalue weighted by atomic mass is 16.5. The number of ketones is 1. The molecule has 0 spiro atoms. The number of Topliss-reactive ketones (excluding diaryl/α,β-unsaturated/α-hetero) is 1. The second kappa shape index (κ2) is 8.95. The molecule has 1 aliphatic heterocycles. The van der Waals surface area contributed by atoms with Crippen molar-refractivity contribution in [1.82, 2.24) is 4.90 Å². The van der Waals surface area contributed by atoms with E-state index in [1.807, 2.05) is 37.3 Å². The SMILES string of the molecule is CCCN1C(=O)C(=O)/C(=C(\O)c2ccccc2)C1c1cccc(OCC(C)C)c1. The quantitative estimate of drug-likeness (QED) is 0.426. The van der Waals surface area contributed by atoms with Gasteiger partial charge in [-0.25, -0.2) is 0 Å². The predicted octanol–water partition coefficient (Wildman–Crippen LogP) is 4.55. The highest BCUT2D eigenvalue weighted by Gasteiger charge is 2.45. The molecule has 29 heavy (non-hydrogen) atoms. The van der Waals surface area contributed by atoms with Gasteiger partial charge in [0.15, 0.2) is 0 Å². The maximum Gasteiger partial charge on any atom is 0.295 e. The molecule has 1 saturated heterocycles. The van der Waals surface area contributed by atoms with Crippen LogP contribution in [0.4, 0.5) is 0 Å². The van der Waals surface area contributed by atoms with E-state index in [2.05, 4.69) is 13.8 Å². The lowest BCUT2D eigenvalue weighted by molar-refractivity contribution is -0.139. The molecule has 0 aliphatic carbocycles. The van der Waals surface area contributed by atoms with E-state index in [1.165, 1.54) is 0 Å². The summed E-state index contributed by atoms with van der Waals surface area (Å²) in [5.41, 5.74) is 1.38. The zero-order chi connectivity index (χ0) is 21.0. The zero-order valence-electron chi connectivity index (χ0n) is 17.1. The fourth-order valence-corrected chi connectivity index (χ4v) is 3.49. The average molecular weight is 393 g/mol. The van der Waals surface area contributed by atoms with Crippen molar-refractivity contribution < 1.29 is 19.4 Å². The first-order valence-corrected chi connectivity index (χ1v) is 10.0. The first kappa shape index (κ1) is 20.6. The van der Waals surface area contributed by atoms with Crippen molar-refractivity contribution in [2.45, 2.75) is 33.2 Å². The van der Waals surface area contributed by atoms with Crippen LogP contribution in [0.2, 0.25) is 0 Å². The molecule has 0 aromatic heterocycles. The summed E-state index contributed by atoms with van der Waals surface area (Å²) < 4.78 is 5.83. The highest BCUT2D eigenvalue weighted by Crippen LogP contribution is 2.40. The van der Waals surface area contributed by atoms with Gasteiger partial charge in [0.25, 0.3) is 11.7 Å². The Morgan fingerprint density at radius 1 is 1.10 bits per heavy atom. The van der Waals surface area contributed by atoms with Gasteiger partial charge < -0.3 is 14.7 Å². The molecule has 5 heteroatoms. The lowest BCUT2D eigenvalue weighted by Crippen LogP contribution is -2.30. The molecule has 1 atom stereocenters. The van der Waals surface area contributed by atoms with Gasteiger partial charge in [-0.05, 0) is 30.0 Å². The third-order valence-corrected chi connectivity index (χ3v) is 4.81. The molecular weight excluding hydrogens is 366 g/mol. The van der Waals surface area contributed by atoms with Crippen molar-refractivity contribution in [1.29, 1.82) is 0 Å². The van der Waals surface area contributed by atoms with Gasteiger partial charge >= 0.3 is 0 Å². The topological polar surface area (TPSA) is 66.8 Å². The molecular formula is C24H27NO4. The Hall–Kier alpha value is -3.08. The summed E-state index contributed by atoms with van der Waals surface area (Å²) in [6, 6.07) is 15.6. The van der Waals surface area contributed by atoms with Gasteiger partial charge in [0.2, 0.25) is 0 Å². The Morgan fingerprint density at radius 3 is 2.48 bits per heavy atom. The van der Waals surface area contributed by atoms with Gasteiger partial charge in [-0.15, -0.1) is 0 Å². The molecule has 2 aromatic carbocycles. The molecule has 3 rings (SSSR count). The number of ether oxygens (including phenoxy) is 1. The van der Waals surface area contributed by atoms with Crippen LogP contribution >= 0.6 is 0 Å². The number of rotatable bonds is 7. The smallest absolute Gasteiger partial charge is 0.295 e. The van der Waals surface area contributed by atoms with Crippen LogP contribution in [0.25, 0.3) is 5.76 Å². The van der Waals surface area contributed by atoms with Crippen molar-refractivity contribution in [2.24, 2.45) is 5.92 Å². The molecule has 152 valence electrons. The number of carbonyl (C=O) groups is 2. The molecule has 5 nitrogen and oxygen atoms in total. The molecule has 1 amide bonds. The number of hydrogen-bond donors (Lipinski definition) is 1. The van der Waals surface area contributed by atoms with Crippen LogP contribution < -0.4 is 4.74 Å². The average Bonchev–Trinajstić information content (AvgIpc) is 2.98. The zero-order valence-corrected chi connectivity index (χ0v) is 17.1. The molecule has 1 unspecified atom stereocenters. The first-order chi connectivity index (χ1) is 13.9. The summed E-state index contributed by atoms with van der Waals surface area (Å²) >= 11 is 0. The van der Waals surface area contributed by atoms with E-state index in [1.54, 1.807) is 29.2 Å². The minimum Gasteiger partial charge on any atom is -0.507 e. The monoisotopic (exact) mass is 393 g/mol. The van der Waals surface area contributed by atoms with E-state index in [-0.39, 0.29) is 11.3 Å². The maximum absolute atomic E-state index is 12.8. The van der Waals surface area contributed by atoms with E-state index in [9.17, 15) is 14.7 Å². The third kappa shape index (κ3) is 4.34. The summed E-state index contributed by atoms with van der Waals surface area (Å²) in [5.74, 6) is -0.331. The van der Waals surface area contributed by atoms with Crippen LogP contribution in [0.15, 0.2) is 60.2 Å².